The maximum atomic E-state index is 13.6. The van der Waals surface area contributed by atoms with Crippen LogP contribution in [-0.2, 0) is 14.3 Å². The Morgan fingerprint density at radius 3 is 2.40 bits per heavy atom. The van der Waals surface area contributed by atoms with Crippen molar-refractivity contribution in [1.82, 2.24) is 4.98 Å². The number of aliphatic hydroxyl groups is 1. The summed E-state index contributed by atoms with van der Waals surface area (Å²) in [5, 5.41) is 11.6. The van der Waals surface area contributed by atoms with Crippen LogP contribution in [-0.4, -0.2) is 55.2 Å². The highest BCUT2D eigenvalue weighted by molar-refractivity contribution is 7.17. The number of aryl methyl sites for hydroxylation is 1. The fraction of sp³-hybridized carbons (Fsp3) is 0.355. The van der Waals surface area contributed by atoms with Gasteiger partial charge in [-0.1, -0.05) is 37.2 Å². The molecule has 10 nitrogen and oxygen atoms in total. The number of unbranched alkanes of at least 4 members (excludes halogenated alkanes) is 2. The Labute approximate surface area is 248 Å². The minimum absolute atomic E-state index is 0.117. The van der Waals surface area contributed by atoms with Crippen LogP contribution in [0.2, 0.25) is 0 Å². The van der Waals surface area contributed by atoms with E-state index in [-0.39, 0.29) is 21.3 Å². The van der Waals surface area contributed by atoms with Crippen LogP contribution in [0.1, 0.15) is 65.6 Å². The van der Waals surface area contributed by atoms with Gasteiger partial charge < -0.3 is 24.1 Å². The number of esters is 1. The average molecular weight is 595 g/mol. The number of hydrogen-bond donors (Lipinski definition) is 1. The molecular weight excluding hydrogens is 560 g/mol. The van der Waals surface area contributed by atoms with E-state index in [0.717, 1.165) is 30.6 Å². The lowest BCUT2D eigenvalue weighted by Gasteiger charge is -2.24. The Morgan fingerprint density at radius 2 is 1.76 bits per heavy atom. The van der Waals surface area contributed by atoms with Gasteiger partial charge in [0.25, 0.3) is 5.78 Å². The van der Waals surface area contributed by atoms with Crippen molar-refractivity contribution in [2.75, 3.05) is 32.3 Å². The quantitative estimate of drug-likeness (QED) is 0.0905. The Morgan fingerprint density at radius 1 is 1.02 bits per heavy atom. The number of anilines is 1. The molecule has 0 radical (unpaired) electrons. The Bertz CT molecular complexity index is 1500. The molecule has 11 heteroatoms. The molecule has 0 aliphatic carbocycles. The third kappa shape index (κ3) is 6.11. The van der Waals surface area contributed by atoms with Crippen LogP contribution in [0.5, 0.6) is 17.2 Å². The van der Waals surface area contributed by atoms with E-state index in [1.165, 1.54) is 19.1 Å². The first-order valence-corrected chi connectivity index (χ1v) is 14.5. The second-order valence-corrected chi connectivity index (χ2v) is 10.5. The summed E-state index contributed by atoms with van der Waals surface area (Å²) >= 11 is 0.932. The number of hydrogen-bond acceptors (Lipinski definition) is 10. The number of benzene rings is 2. The second kappa shape index (κ2) is 13.5. The summed E-state index contributed by atoms with van der Waals surface area (Å²) in [6.45, 7) is 6.44. The Kier molecular flexibility index (Phi) is 9.84. The van der Waals surface area contributed by atoms with Gasteiger partial charge >= 0.3 is 11.9 Å². The van der Waals surface area contributed by atoms with E-state index >= 15 is 0 Å². The first-order valence-electron chi connectivity index (χ1n) is 13.7. The molecule has 0 spiro atoms. The smallest absolute Gasteiger partial charge is 0.350 e. The molecule has 1 atom stereocenters. The second-order valence-electron chi connectivity index (χ2n) is 9.49. The summed E-state index contributed by atoms with van der Waals surface area (Å²) in [6, 6.07) is 10.6. The maximum absolute atomic E-state index is 13.6. The highest BCUT2D eigenvalue weighted by Gasteiger charge is 2.48. The van der Waals surface area contributed by atoms with Gasteiger partial charge in [-0.3, -0.25) is 14.5 Å². The SMILES string of the molecule is CCCCCOc1ccc(C2/C(=C(\O)c3ccc(OC)cc3)C(=O)C(=O)N2c2nc(C)c(C(=O)OC)s2)cc1OCC. The van der Waals surface area contributed by atoms with Gasteiger partial charge in [-0.2, -0.15) is 0 Å². The molecule has 1 N–H and O–H groups in total. The van der Waals surface area contributed by atoms with Gasteiger partial charge in [0.15, 0.2) is 16.6 Å². The zero-order valence-corrected chi connectivity index (χ0v) is 25.1. The van der Waals surface area contributed by atoms with Crippen molar-refractivity contribution < 1.29 is 38.4 Å². The highest BCUT2D eigenvalue weighted by Crippen LogP contribution is 2.45. The number of aromatic nitrogens is 1. The molecule has 1 fully saturated rings. The Balaban J connectivity index is 1.88. The minimum atomic E-state index is -1.07. The zero-order valence-electron chi connectivity index (χ0n) is 24.3. The topological polar surface area (TPSA) is 124 Å². The average Bonchev–Trinajstić information content (AvgIpc) is 3.51. The van der Waals surface area contributed by atoms with Crippen molar-refractivity contribution in [1.29, 1.82) is 0 Å². The molecule has 42 heavy (non-hydrogen) atoms. The first-order chi connectivity index (χ1) is 20.2. The number of Topliss-reactive ketones (excluding diaryl/α,β-unsaturated/α-hetero) is 1. The molecule has 2 heterocycles. The number of rotatable bonds is 12. The minimum Gasteiger partial charge on any atom is -0.507 e. The van der Waals surface area contributed by atoms with E-state index in [4.69, 9.17) is 18.9 Å². The summed E-state index contributed by atoms with van der Waals surface area (Å²) in [6.07, 6.45) is 2.97. The Hall–Kier alpha value is -4.38. The van der Waals surface area contributed by atoms with Crippen LogP contribution in [0, 0.1) is 6.92 Å². The van der Waals surface area contributed by atoms with Gasteiger partial charge in [0.1, 0.15) is 16.4 Å². The van der Waals surface area contributed by atoms with E-state index in [1.54, 1.807) is 49.4 Å². The molecule has 4 rings (SSSR count). The summed E-state index contributed by atoms with van der Waals surface area (Å²) in [4.78, 5) is 45.3. The van der Waals surface area contributed by atoms with E-state index in [0.29, 0.717) is 47.3 Å². The molecule has 1 amide bonds. The summed E-state index contributed by atoms with van der Waals surface area (Å²) in [5.74, 6) is -1.22. The van der Waals surface area contributed by atoms with Gasteiger partial charge in [-0.15, -0.1) is 0 Å². The number of carbonyl (C=O) groups is 3. The molecule has 1 aliphatic rings. The first kappa shape index (κ1) is 30.6. The summed E-state index contributed by atoms with van der Waals surface area (Å²) < 4.78 is 21.9. The normalized spacial score (nSPS) is 16.0. The number of ketones is 1. The molecule has 1 saturated heterocycles. The van der Waals surface area contributed by atoms with Crippen molar-refractivity contribution in [3.63, 3.8) is 0 Å². The number of ether oxygens (including phenoxy) is 4. The van der Waals surface area contributed by atoms with Crippen LogP contribution in [0.15, 0.2) is 48.0 Å². The molecule has 0 saturated carbocycles. The van der Waals surface area contributed by atoms with Crippen molar-refractivity contribution in [3.8, 4) is 17.2 Å². The van der Waals surface area contributed by atoms with Crippen LogP contribution >= 0.6 is 11.3 Å². The number of aliphatic hydroxyl groups excluding tert-OH is 1. The van der Waals surface area contributed by atoms with E-state index < -0.39 is 23.7 Å². The lowest BCUT2D eigenvalue weighted by Crippen LogP contribution is -2.29. The van der Waals surface area contributed by atoms with Crippen LogP contribution in [0.4, 0.5) is 5.13 Å². The summed E-state index contributed by atoms with van der Waals surface area (Å²) in [5.41, 5.74) is 1.03. The summed E-state index contributed by atoms with van der Waals surface area (Å²) in [7, 11) is 2.77. The number of carbonyl (C=O) groups excluding carboxylic acids is 3. The molecule has 3 aromatic rings. The lowest BCUT2D eigenvalue weighted by molar-refractivity contribution is -0.132. The molecule has 1 aromatic heterocycles. The molecule has 222 valence electrons. The molecule has 1 unspecified atom stereocenters. The van der Waals surface area contributed by atoms with E-state index in [9.17, 15) is 19.5 Å². The van der Waals surface area contributed by atoms with Crippen LogP contribution in [0.3, 0.4) is 0 Å². The molecule has 2 aromatic carbocycles. The van der Waals surface area contributed by atoms with Gasteiger partial charge in [0.05, 0.1) is 44.7 Å². The number of nitrogens with zero attached hydrogens (tertiary/aromatic N) is 2. The highest BCUT2D eigenvalue weighted by atomic mass is 32.1. The number of amides is 1. The van der Waals surface area contributed by atoms with Crippen molar-refractivity contribution in [2.24, 2.45) is 0 Å². The number of thiazole rings is 1. The number of methoxy groups -OCH3 is 2. The zero-order chi connectivity index (χ0) is 30.4. The van der Waals surface area contributed by atoms with Crippen molar-refractivity contribution >= 4 is 39.9 Å². The fourth-order valence-electron chi connectivity index (χ4n) is 4.63. The van der Waals surface area contributed by atoms with Gasteiger partial charge in [0.2, 0.25) is 0 Å². The molecule has 0 bridgehead atoms. The maximum Gasteiger partial charge on any atom is 0.350 e. The molecular formula is C31H34N2O8S. The third-order valence-corrected chi connectivity index (χ3v) is 7.90. The van der Waals surface area contributed by atoms with Crippen LogP contribution < -0.4 is 19.1 Å². The van der Waals surface area contributed by atoms with Gasteiger partial charge in [-0.05, 0) is 62.2 Å². The van der Waals surface area contributed by atoms with Crippen molar-refractivity contribution in [2.45, 2.75) is 46.1 Å². The largest absolute Gasteiger partial charge is 0.507 e. The van der Waals surface area contributed by atoms with Crippen LogP contribution in [0.25, 0.3) is 5.76 Å². The standard InChI is InChI=1S/C31H34N2O8S/c1-6-8-9-16-41-22-15-12-20(17-23(22)40-7-2)25-24(26(34)19-10-13-21(38-4)14-11-19)27(35)29(36)33(25)31-32-18(3)28(42-31)30(37)39-5/h10-15,17,25,34H,6-9,16H2,1-5H3/b26-24+. The monoisotopic (exact) mass is 594 g/mol. The van der Waals surface area contributed by atoms with Gasteiger partial charge in [-0.25, -0.2) is 9.78 Å². The fourth-order valence-corrected chi connectivity index (χ4v) is 5.65. The predicted molar refractivity (Wildman–Crippen MR) is 159 cm³/mol. The third-order valence-electron chi connectivity index (χ3n) is 6.76. The molecule has 1 aliphatic heterocycles. The lowest BCUT2D eigenvalue weighted by atomic mass is 9.95. The van der Waals surface area contributed by atoms with E-state index in [1.807, 2.05) is 6.92 Å². The van der Waals surface area contributed by atoms with E-state index in [2.05, 4.69) is 11.9 Å². The predicted octanol–water partition coefficient (Wildman–Crippen LogP) is 5.84. The van der Waals surface area contributed by atoms with Crippen molar-refractivity contribution in [3.05, 3.63) is 69.7 Å². The van der Waals surface area contributed by atoms with Gasteiger partial charge in [0, 0.05) is 5.56 Å².